The van der Waals surface area contributed by atoms with Gasteiger partial charge in [-0.15, -0.1) is 0 Å². The van der Waals surface area contributed by atoms with Gasteiger partial charge in [0.05, 0.1) is 12.2 Å². The minimum atomic E-state index is -0.429. The number of ether oxygens (including phenoxy) is 1. The van der Waals surface area contributed by atoms with Gasteiger partial charge in [-0.2, -0.15) is 0 Å². The van der Waals surface area contributed by atoms with Gasteiger partial charge in [0.1, 0.15) is 6.29 Å². The molecule has 0 radical (unpaired) electrons. The minimum Gasteiger partial charge on any atom is -0.462 e. The lowest BCUT2D eigenvalue weighted by molar-refractivity contribution is -0.107. The van der Waals surface area contributed by atoms with Crippen molar-refractivity contribution in [2.75, 3.05) is 12.3 Å². The minimum absolute atomic E-state index is 0.306. The molecule has 0 aliphatic rings. The predicted molar refractivity (Wildman–Crippen MR) is 61.2 cm³/mol. The summed E-state index contributed by atoms with van der Waals surface area (Å²) in [4.78, 5) is 22.0. The number of hydrogen-bond acceptors (Lipinski definition) is 4. The summed E-state index contributed by atoms with van der Waals surface area (Å²) in [6.45, 7) is 2.04. The van der Waals surface area contributed by atoms with E-state index in [0.717, 1.165) is 11.8 Å². The van der Waals surface area contributed by atoms with E-state index < -0.39 is 5.97 Å². The van der Waals surface area contributed by atoms with Gasteiger partial charge in [0, 0.05) is 12.1 Å². The van der Waals surface area contributed by atoms with Crippen LogP contribution >= 0.6 is 0 Å². The molecule has 0 aliphatic heterocycles. The molecule has 0 fully saturated rings. The maximum Gasteiger partial charge on any atom is 0.340 e. The molecule has 86 valence electrons. The Kier molecular flexibility index (Phi) is 4.51. The average Bonchev–Trinajstić information content (AvgIpc) is 2.26. The van der Waals surface area contributed by atoms with E-state index >= 15 is 0 Å². The zero-order valence-electron chi connectivity index (χ0n) is 9.23. The number of aldehydes is 1. The second-order valence-electron chi connectivity index (χ2n) is 3.31. The number of aryl methyl sites for hydroxylation is 1. The molecule has 0 atom stereocenters. The Morgan fingerprint density at radius 3 is 2.88 bits per heavy atom. The summed E-state index contributed by atoms with van der Waals surface area (Å²) >= 11 is 0. The Labute approximate surface area is 94.4 Å². The molecule has 0 amide bonds. The van der Waals surface area contributed by atoms with Crippen LogP contribution in [0.1, 0.15) is 29.3 Å². The molecule has 0 unspecified atom stereocenters. The van der Waals surface area contributed by atoms with Crippen LogP contribution in [0.2, 0.25) is 0 Å². The van der Waals surface area contributed by atoms with Crippen LogP contribution in [-0.2, 0) is 16.0 Å². The first-order chi connectivity index (χ1) is 7.70. The van der Waals surface area contributed by atoms with Gasteiger partial charge in [-0.3, -0.25) is 0 Å². The van der Waals surface area contributed by atoms with E-state index in [0.29, 0.717) is 30.7 Å². The van der Waals surface area contributed by atoms with Gasteiger partial charge >= 0.3 is 5.97 Å². The normalized spacial score (nSPS) is 9.81. The van der Waals surface area contributed by atoms with E-state index in [1.54, 1.807) is 25.1 Å². The Morgan fingerprint density at radius 2 is 2.25 bits per heavy atom. The predicted octanol–water partition coefficient (Wildman–Crippen LogP) is 1.58. The molecule has 4 heteroatoms. The van der Waals surface area contributed by atoms with Crippen LogP contribution in [0, 0.1) is 0 Å². The Balaban J connectivity index is 3.02. The number of carbonyl (C=O) groups excluding carboxylic acids is 2. The van der Waals surface area contributed by atoms with Gasteiger partial charge < -0.3 is 15.3 Å². The molecule has 1 aromatic rings. The molecule has 0 saturated carbocycles. The molecule has 1 aromatic carbocycles. The van der Waals surface area contributed by atoms with Crippen molar-refractivity contribution < 1.29 is 14.3 Å². The van der Waals surface area contributed by atoms with E-state index in [-0.39, 0.29) is 0 Å². The SMILES string of the molecule is CCOC(=O)c1c(N)cccc1CCC=O. The van der Waals surface area contributed by atoms with Crippen LogP contribution in [0.25, 0.3) is 0 Å². The van der Waals surface area contributed by atoms with Gasteiger partial charge in [-0.05, 0) is 25.0 Å². The second kappa shape index (κ2) is 5.90. The number of benzene rings is 1. The maximum absolute atomic E-state index is 11.7. The lowest BCUT2D eigenvalue weighted by atomic mass is 10.0. The van der Waals surface area contributed by atoms with Crippen LogP contribution in [0.4, 0.5) is 5.69 Å². The average molecular weight is 221 g/mol. The summed E-state index contributed by atoms with van der Waals surface area (Å²) < 4.78 is 4.92. The van der Waals surface area contributed by atoms with Crippen molar-refractivity contribution in [2.24, 2.45) is 0 Å². The van der Waals surface area contributed by atoms with Gasteiger partial charge in [0.15, 0.2) is 0 Å². The van der Waals surface area contributed by atoms with Crippen molar-refractivity contribution in [2.45, 2.75) is 19.8 Å². The molecule has 0 aliphatic carbocycles. The highest BCUT2D eigenvalue weighted by Crippen LogP contribution is 2.19. The van der Waals surface area contributed by atoms with E-state index in [9.17, 15) is 9.59 Å². The van der Waals surface area contributed by atoms with Crippen molar-refractivity contribution in [3.05, 3.63) is 29.3 Å². The van der Waals surface area contributed by atoms with Crippen molar-refractivity contribution in [3.8, 4) is 0 Å². The third-order valence-corrected chi connectivity index (χ3v) is 2.19. The smallest absolute Gasteiger partial charge is 0.340 e. The van der Waals surface area contributed by atoms with Crippen molar-refractivity contribution in [3.63, 3.8) is 0 Å². The summed E-state index contributed by atoms with van der Waals surface area (Å²) in [5, 5.41) is 0. The quantitative estimate of drug-likeness (QED) is 0.465. The fourth-order valence-electron chi connectivity index (χ4n) is 1.49. The van der Waals surface area contributed by atoms with E-state index in [4.69, 9.17) is 10.5 Å². The second-order valence-corrected chi connectivity index (χ2v) is 3.31. The number of hydrogen-bond donors (Lipinski definition) is 1. The van der Waals surface area contributed by atoms with Crippen molar-refractivity contribution in [1.29, 1.82) is 0 Å². The first-order valence-corrected chi connectivity index (χ1v) is 5.18. The number of nitrogens with two attached hydrogens (primary N) is 1. The van der Waals surface area contributed by atoms with E-state index in [2.05, 4.69) is 0 Å². The molecule has 4 nitrogen and oxygen atoms in total. The molecular formula is C12H15NO3. The van der Waals surface area contributed by atoms with Crippen molar-refractivity contribution in [1.82, 2.24) is 0 Å². The molecule has 0 aromatic heterocycles. The fourth-order valence-corrected chi connectivity index (χ4v) is 1.49. The molecule has 0 saturated heterocycles. The molecule has 0 spiro atoms. The molecule has 16 heavy (non-hydrogen) atoms. The Bertz CT molecular complexity index is 388. The highest BCUT2D eigenvalue weighted by Gasteiger charge is 2.15. The number of anilines is 1. The Morgan fingerprint density at radius 1 is 1.50 bits per heavy atom. The lowest BCUT2D eigenvalue weighted by Gasteiger charge is -2.10. The summed E-state index contributed by atoms with van der Waals surface area (Å²) in [6.07, 6.45) is 1.69. The first-order valence-electron chi connectivity index (χ1n) is 5.18. The number of esters is 1. The highest BCUT2D eigenvalue weighted by molar-refractivity contribution is 5.96. The largest absolute Gasteiger partial charge is 0.462 e. The van der Waals surface area contributed by atoms with Crippen molar-refractivity contribution >= 4 is 17.9 Å². The van der Waals surface area contributed by atoms with Gasteiger partial charge in [-0.1, -0.05) is 12.1 Å². The maximum atomic E-state index is 11.7. The van der Waals surface area contributed by atoms with Crippen LogP contribution < -0.4 is 5.73 Å². The van der Waals surface area contributed by atoms with Crippen LogP contribution in [-0.4, -0.2) is 18.9 Å². The van der Waals surface area contributed by atoms with Gasteiger partial charge in [0.25, 0.3) is 0 Å². The molecule has 0 bridgehead atoms. The first kappa shape index (κ1) is 12.2. The summed E-state index contributed by atoms with van der Waals surface area (Å²) in [5.74, 6) is -0.429. The highest BCUT2D eigenvalue weighted by atomic mass is 16.5. The molecular weight excluding hydrogens is 206 g/mol. The summed E-state index contributed by atoms with van der Waals surface area (Å²) in [5.41, 5.74) is 7.26. The van der Waals surface area contributed by atoms with Crippen LogP contribution in [0.5, 0.6) is 0 Å². The number of nitrogen functional groups attached to an aromatic ring is 1. The molecule has 2 N–H and O–H groups in total. The lowest BCUT2D eigenvalue weighted by Crippen LogP contribution is -2.11. The topological polar surface area (TPSA) is 69.4 Å². The van der Waals surface area contributed by atoms with E-state index in [1.165, 1.54) is 0 Å². The van der Waals surface area contributed by atoms with Crippen LogP contribution in [0.15, 0.2) is 18.2 Å². The zero-order chi connectivity index (χ0) is 12.0. The third kappa shape index (κ3) is 2.82. The van der Waals surface area contributed by atoms with Gasteiger partial charge in [-0.25, -0.2) is 4.79 Å². The van der Waals surface area contributed by atoms with Crippen LogP contribution in [0.3, 0.4) is 0 Å². The standard InChI is InChI=1S/C12H15NO3/c1-2-16-12(15)11-9(6-4-8-14)5-3-7-10(11)13/h3,5,7-8H,2,4,6,13H2,1H3. The number of rotatable bonds is 5. The van der Waals surface area contributed by atoms with E-state index in [1.807, 2.05) is 0 Å². The van der Waals surface area contributed by atoms with Gasteiger partial charge in [0.2, 0.25) is 0 Å². The third-order valence-electron chi connectivity index (χ3n) is 2.19. The Hall–Kier alpha value is -1.84. The molecule has 0 heterocycles. The monoisotopic (exact) mass is 221 g/mol. The molecule has 1 rings (SSSR count). The fraction of sp³-hybridized carbons (Fsp3) is 0.333. The number of carbonyl (C=O) groups is 2. The summed E-state index contributed by atoms with van der Waals surface area (Å²) in [7, 11) is 0. The summed E-state index contributed by atoms with van der Waals surface area (Å²) in [6, 6.07) is 5.20. The zero-order valence-corrected chi connectivity index (χ0v) is 9.23.